The van der Waals surface area contributed by atoms with Crippen LogP contribution in [0, 0.1) is 11.7 Å². The van der Waals surface area contributed by atoms with Gasteiger partial charge in [0.25, 0.3) is 5.91 Å². The van der Waals surface area contributed by atoms with E-state index >= 15 is 0 Å². The molecule has 1 aliphatic rings. The largest absolute Gasteiger partial charge is 0.349 e. The summed E-state index contributed by atoms with van der Waals surface area (Å²) in [6.45, 7) is 0. The minimum Gasteiger partial charge on any atom is -0.349 e. The van der Waals surface area contributed by atoms with Crippen molar-refractivity contribution in [1.82, 2.24) is 10.2 Å². The number of nitrogens with zero attached hydrogens (tertiary/aromatic N) is 1. The summed E-state index contributed by atoms with van der Waals surface area (Å²) >= 11 is 11.9. The summed E-state index contributed by atoms with van der Waals surface area (Å²) in [6.07, 6.45) is 3.85. The highest BCUT2D eigenvalue weighted by molar-refractivity contribution is 6.42. The van der Waals surface area contributed by atoms with E-state index in [1.54, 1.807) is 18.2 Å². The zero-order valence-electron chi connectivity index (χ0n) is 16.1. The fourth-order valence-electron chi connectivity index (χ4n) is 4.14. The van der Waals surface area contributed by atoms with Gasteiger partial charge < -0.3 is 10.2 Å². The fourth-order valence-corrected chi connectivity index (χ4v) is 4.44. The lowest BCUT2D eigenvalue weighted by molar-refractivity contribution is 0.0907. The number of halogens is 3. The van der Waals surface area contributed by atoms with E-state index < -0.39 is 0 Å². The first-order valence-corrected chi connectivity index (χ1v) is 10.3. The van der Waals surface area contributed by atoms with Crippen LogP contribution in [0.4, 0.5) is 4.39 Å². The van der Waals surface area contributed by atoms with E-state index in [-0.39, 0.29) is 23.8 Å². The third-order valence-corrected chi connectivity index (χ3v) is 6.24. The number of carbonyl (C=O) groups excluding carboxylic acids is 1. The van der Waals surface area contributed by atoms with Crippen molar-refractivity contribution in [3.63, 3.8) is 0 Å². The van der Waals surface area contributed by atoms with E-state index in [0.29, 0.717) is 21.5 Å². The van der Waals surface area contributed by atoms with Gasteiger partial charge in [-0.05, 0) is 81.6 Å². The van der Waals surface area contributed by atoms with Crippen molar-refractivity contribution in [3.8, 4) is 0 Å². The van der Waals surface area contributed by atoms with Crippen molar-refractivity contribution in [3.05, 3.63) is 69.5 Å². The number of amides is 1. The Hall–Kier alpha value is -1.62. The third-order valence-electron chi connectivity index (χ3n) is 5.50. The summed E-state index contributed by atoms with van der Waals surface area (Å²) in [6, 6.07) is 12.1. The van der Waals surface area contributed by atoms with E-state index in [9.17, 15) is 9.18 Å². The molecule has 1 atom stereocenters. The second-order valence-electron chi connectivity index (χ2n) is 7.67. The first kappa shape index (κ1) is 21.1. The van der Waals surface area contributed by atoms with Crippen LogP contribution in [0.1, 0.15) is 47.6 Å². The van der Waals surface area contributed by atoms with Crippen molar-refractivity contribution >= 4 is 29.1 Å². The Balaban J connectivity index is 1.60. The number of nitrogens with one attached hydrogen (secondary N) is 1. The van der Waals surface area contributed by atoms with Gasteiger partial charge in [-0.3, -0.25) is 4.79 Å². The van der Waals surface area contributed by atoms with Gasteiger partial charge in [-0.2, -0.15) is 0 Å². The highest BCUT2D eigenvalue weighted by Crippen LogP contribution is 2.37. The molecule has 0 spiro atoms. The van der Waals surface area contributed by atoms with Crippen molar-refractivity contribution in [2.75, 3.05) is 14.1 Å². The minimum atomic E-state index is -0.213. The number of benzene rings is 2. The predicted octanol–water partition coefficient (Wildman–Crippen LogP) is 5.72. The number of hydrogen-bond acceptors (Lipinski definition) is 2. The first-order valence-electron chi connectivity index (χ1n) is 9.53. The molecule has 1 amide bonds. The van der Waals surface area contributed by atoms with Crippen molar-refractivity contribution < 1.29 is 9.18 Å². The molecule has 3 rings (SSSR count). The molecule has 150 valence electrons. The SMILES string of the molecule is CN(C)C(c1ccc(F)cc1)C1CCC(NC(=O)c2ccc(Cl)c(Cl)c2)CC1. The molecule has 0 heterocycles. The Morgan fingerprint density at radius 1 is 1.04 bits per heavy atom. The summed E-state index contributed by atoms with van der Waals surface area (Å²) in [5, 5.41) is 3.93. The molecule has 1 fully saturated rings. The molecule has 1 unspecified atom stereocenters. The highest BCUT2D eigenvalue weighted by atomic mass is 35.5. The Labute approximate surface area is 175 Å². The van der Waals surface area contributed by atoms with E-state index in [1.807, 2.05) is 12.1 Å². The lowest BCUT2D eigenvalue weighted by atomic mass is 9.78. The predicted molar refractivity (Wildman–Crippen MR) is 113 cm³/mol. The highest BCUT2D eigenvalue weighted by Gasteiger charge is 2.30. The number of hydrogen-bond donors (Lipinski definition) is 1. The molecule has 3 nitrogen and oxygen atoms in total. The quantitative estimate of drug-likeness (QED) is 0.667. The van der Waals surface area contributed by atoms with Gasteiger partial charge in [-0.25, -0.2) is 4.39 Å². The molecular formula is C22H25Cl2FN2O. The van der Waals surface area contributed by atoms with Gasteiger partial charge in [-0.15, -0.1) is 0 Å². The van der Waals surface area contributed by atoms with E-state index in [4.69, 9.17) is 23.2 Å². The molecular weight excluding hydrogens is 398 g/mol. The van der Waals surface area contributed by atoms with Gasteiger partial charge in [0.2, 0.25) is 0 Å². The van der Waals surface area contributed by atoms with Gasteiger partial charge in [0.15, 0.2) is 0 Å². The Bertz CT molecular complexity index is 818. The molecule has 1 aliphatic carbocycles. The fraction of sp³-hybridized carbons (Fsp3) is 0.409. The van der Waals surface area contributed by atoms with Gasteiger partial charge in [0.1, 0.15) is 5.82 Å². The minimum absolute atomic E-state index is 0.121. The summed E-state index contributed by atoms with van der Waals surface area (Å²) in [4.78, 5) is 14.7. The van der Waals surface area contributed by atoms with E-state index in [1.165, 1.54) is 12.1 Å². The molecule has 1 saturated carbocycles. The van der Waals surface area contributed by atoms with Crippen LogP contribution in [-0.2, 0) is 0 Å². The third kappa shape index (κ3) is 5.05. The Kier molecular flexibility index (Phi) is 6.97. The van der Waals surface area contributed by atoms with E-state index in [2.05, 4.69) is 24.3 Å². The van der Waals surface area contributed by atoms with Crippen molar-refractivity contribution in [1.29, 1.82) is 0 Å². The smallest absolute Gasteiger partial charge is 0.251 e. The average molecular weight is 423 g/mol. The lowest BCUT2D eigenvalue weighted by Gasteiger charge is -2.37. The van der Waals surface area contributed by atoms with Crippen LogP contribution in [0.25, 0.3) is 0 Å². The second-order valence-corrected chi connectivity index (χ2v) is 8.49. The van der Waals surface area contributed by atoms with Crippen LogP contribution in [0.2, 0.25) is 10.0 Å². The van der Waals surface area contributed by atoms with Gasteiger partial charge in [0.05, 0.1) is 10.0 Å². The topological polar surface area (TPSA) is 32.3 Å². The summed E-state index contributed by atoms with van der Waals surface area (Å²) < 4.78 is 13.3. The van der Waals surface area contributed by atoms with Crippen molar-refractivity contribution in [2.45, 2.75) is 37.8 Å². The van der Waals surface area contributed by atoms with Crippen molar-refractivity contribution in [2.24, 2.45) is 5.92 Å². The molecule has 0 saturated heterocycles. The zero-order valence-corrected chi connectivity index (χ0v) is 17.6. The van der Waals surface area contributed by atoms with Gasteiger partial charge >= 0.3 is 0 Å². The molecule has 2 aromatic carbocycles. The monoisotopic (exact) mass is 422 g/mol. The summed E-state index contributed by atoms with van der Waals surface area (Å²) in [5.74, 6) is 0.137. The summed E-state index contributed by atoms with van der Waals surface area (Å²) in [5.41, 5.74) is 1.66. The number of rotatable bonds is 5. The molecule has 0 bridgehead atoms. The molecule has 28 heavy (non-hydrogen) atoms. The molecule has 2 aromatic rings. The maximum absolute atomic E-state index is 13.3. The average Bonchev–Trinajstić information content (AvgIpc) is 2.67. The molecule has 0 radical (unpaired) electrons. The van der Waals surface area contributed by atoms with E-state index in [0.717, 1.165) is 31.2 Å². The first-order chi connectivity index (χ1) is 13.3. The summed E-state index contributed by atoms with van der Waals surface area (Å²) in [7, 11) is 4.12. The van der Waals surface area contributed by atoms with Gasteiger partial charge in [0, 0.05) is 17.6 Å². The lowest BCUT2D eigenvalue weighted by Crippen LogP contribution is -2.39. The Morgan fingerprint density at radius 2 is 1.68 bits per heavy atom. The normalized spacial score (nSPS) is 20.8. The maximum Gasteiger partial charge on any atom is 0.251 e. The molecule has 6 heteroatoms. The standard InChI is InChI=1S/C22H25Cl2FN2O/c1-27(2)21(14-3-8-17(25)9-4-14)15-5-10-18(11-6-15)26-22(28)16-7-12-19(23)20(24)13-16/h3-4,7-9,12-13,15,18,21H,5-6,10-11H2,1-2H3,(H,26,28). The Morgan fingerprint density at radius 3 is 2.25 bits per heavy atom. The zero-order chi connectivity index (χ0) is 20.3. The van der Waals surface area contributed by atoms with Gasteiger partial charge in [-0.1, -0.05) is 35.3 Å². The second kappa shape index (κ2) is 9.25. The van der Waals surface area contributed by atoms with Crippen LogP contribution in [-0.4, -0.2) is 30.9 Å². The van der Waals surface area contributed by atoms with Crippen LogP contribution in [0.3, 0.4) is 0 Å². The maximum atomic E-state index is 13.3. The molecule has 0 aromatic heterocycles. The van der Waals surface area contributed by atoms with Crippen LogP contribution < -0.4 is 5.32 Å². The molecule has 1 N–H and O–H groups in total. The number of carbonyl (C=O) groups is 1. The van der Waals surface area contributed by atoms with Crippen LogP contribution in [0.15, 0.2) is 42.5 Å². The molecule has 0 aliphatic heterocycles. The van der Waals surface area contributed by atoms with Crippen LogP contribution in [0.5, 0.6) is 0 Å². The van der Waals surface area contributed by atoms with Crippen LogP contribution >= 0.6 is 23.2 Å².